The van der Waals surface area contributed by atoms with Crippen LogP contribution in [0.5, 0.6) is 0 Å². The second-order valence-electron chi connectivity index (χ2n) is 7.13. The van der Waals surface area contributed by atoms with Gasteiger partial charge in [0.2, 0.25) is 0 Å². The first-order chi connectivity index (χ1) is 13.3. The molecule has 1 aromatic carbocycles. The van der Waals surface area contributed by atoms with Gasteiger partial charge < -0.3 is 20.3 Å². The van der Waals surface area contributed by atoms with E-state index in [0.29, 0.717) is 11.6 Å². The lowest BCUT2D eigenvalue weighted by molar-refractivity contribution is 0.0937. The van der Waals surface area contributed by atoms with E-state index in [1.165, 1.54) is 12.8 Å². The second kappa shape index (κ2) is 8.39. The van der Waals surface area contributed by atoms with E-state index in [1.807, 2.05) is 30.3 Å². The molecule has 2 heterocycles. The molecular formula is C21H26N4O2. The molecule has 142 valence electrons. The van der Waals surface area contributed by atoms with E-state index in [0.717, 1.165) is 56.3 Å². The normalized spacial score (nSPS) is 17.7. The van der Waals surface area contributed by atoms with Gasteiger partial charge in [0.15, 0.2) is 0 Å². The lowest BCUT2D eigenvalue weighted by Gasteiger charge is -2.30. The van der Waals surface area contributed by atoms with Crippen molar-refractivity contribution in [1.82, 2.24) is 10.3 Å². The van der Waals surface area contributed by atoms with Crippen LogP contribution in [0.4, 0.5) is 17.2 Å². The van der Waals surface area contributed by atoms with Crippen LogP contribution in [-0.2, 0) is 4.74 Å². The minimum atomic E-state index is -0.0327. The van der Waals surface area contributed by atoms with E-state index in [1.54, 1.807) is 6.20 Å². The molecule has 1 aliphatic heterocycles. The molecule has 1 amide bonds. The number of anilines is 3. The van der Waals surface area contributed by atoms with Gasteiger partial charge in [-0.05, 0) is 37.1 Å². The first-order valence-corrected chi connectivity index (χ1v) is 9.75. The number of carbonyl (C=O) groups is 1. The van der Waals surface area contributed by atoms with Crippen LogP contribution in [0, 0.1) is 0 Å². The molecule has 27 heavy (non-hydrogen) atoms. The molecule has 0 unspecified atom stereocenters. The molecule has 6 heteroatoms. The molecule has 1 aromatic heterocycles. The number of pyridine rings is 1. The van der Waals surface area contributed by atoms with Gasteiger partial charge in [-0.1, -0.05) is 25.0 Å². The van der Waals surface area contributed by atoms with Crippen molar-refractivity contribution >= 4 is 23.1 Å². The fourth-order valence-corrected chi connectivity index (χ4v) is 3.74. The number of hydrogen-bond acceptors (Lipinski definition) is 5. The Morgan fingerprint density at radius 2 is 1.85 bits per heavy atom. The number of aromatic nitrogens is 1. The highest BCUT2D eigenvalue weighted by Crippen LogP contribution is 2.28. The Bertz CT molecular complexity index is 766. The Hall–Kier alpha value is -2.60. The molecule has 2 aromatic rings. The number of nitrogens with zero attached hydrogens (tertiary/aromatic N) is 2. The van der Waals surface area contributed by atoms with E-state index in [-0.39, 0.29) is 5.91 Å². The molecule has 4 rings (SSSR count). The summed E-state index contributed by atoms with van der Waals surface area (Å²) in [7, 11) is 0. The highest BCUT2D eigenvalue weighted by molar-refractivity contribution is 5.94. The lowest BCUT2D eigenvalue weighted by Crippen LogP contribution is -2.36. The van der Waals surface area contributed by atoms with E-state index in [9.17, 15) is 4.79 Å². The monoisotopic (exact) mass is 366 g/mol. The molecule has 0 atom stereocenters. The highest BCUT2D eigenvalue weighted by Gasteiger charge is 2.18. The minimum absolute atomic E-state index is 0.0327. The summed E-state index contributed by atoms with van der Waals surface area (Å²) in [5, 5.41) is 6.48. The summed E-state index contributed by atoms with van der Waals surface area (Å²) >= 11 is 0. The fourth-order valence-electron chi connectivity index (χ4n) is 3.74. The zero-order valence-electron chi connectivity index (χ0n) is 15.5. The number of morpholine rings is 1. The zero-order chi connectivity index (χ0) is 18.5. The fraction of sp³-hybridized carbons (Fsp3) is 0.429. The van der Waals surface area contributed by atoms with Crippen molar-refractivity contribution in [2.45, 2.75) is 31.7 Å². The van der Waals surface area contributed by atoms with Crippen molar-refractivity contribution in [3.8, 4) is 0 Å². The Labute approximate surface area is 159 Å². The lowest BCUT2D eigenvalue weighted by atomic mass is 10.2. The molecule has 2 N–H and O–H groups in total. The maximum Gasteiger partial charge on any atom is 0.253 e. The molecule has 6 nitrogen and oxygen atoms in total. The van der Waals surface area contributed by atoms with Gasteiger partial charge >= 0.3 is 0 Å². The van der Waals surface area contributed by atoms with Crippen molar-refractivity contribution in [1.29, 1.82) is 0 Å². The summed E-state index contributed by atoms with van der Waals surface area (Å²) < 4.78 is 5.45. The number of carbonyl (C=O) groups excluding carboxylic acids is 1. The number of para-hydroxylation sites is 2. The van der Waals surface area contributed by atoms with Gasteiger partial charge in [0.05, 0.1) is 30.2 Å². The quantitative estimate of drug-likeness (QED) is 0.850. The molecule has 1 saturated carbocycles. The Balaban J connectivity index is 1.43. The van der Waals surface area contributed by atoms with Crippen LogP contribution in [0.3, 0.4) is 0 Å². The molecule has 0 spiro atoms. The number of benzene rings is 1. The SMILES string of the molecule is O=C(NC1CCCC1)c1ccc(Nc2ccccc2N2CCOCC2)nc1. The Morgan fingerprint density at radius 1 is 1.07 bits per heavy atom. The van der Waals surface area contributed by atoms with Gasteiger partial charge in [-0.2, -0.15) is 0 Å². The summed E-state index contributed by atoms with van der Waals surface area (Å²) in [6, 6.07) is 12.2. The van der Waals surface area contributed by atoms with Gasteiger partial charge in [-0.3, -0.25) is 4.79 Å². The van der Waals surface area contributed by atoms with Crippen LogP contribution in [0.15, 0.2) is 42.6 Å². The van der Waals surface area contributed by atoms with E-state index in [4.69, 9.17) is 4.74 Å². The second-order valence-corrected chi connectivity index (χ2v) is 7.13. The van der Waals surface area contributed by atoms with Crippen LogP contribution >= 0.6 is 0 Å². The van der Waals surface area contributed by atoms with Crippen molar-refractivity contribution in [2.75, 3.05) is 36.5 Å². The summed E-state index contributed by atoms with van der Waals surface area (Å²) in [6.07, 6.45) is 6.21. The third-order valence-corrected chi connectivity index (χ3v) is 5.23. The van der Waals surface area contributed by atoms with Crippen LogP contribution in [-0.4, -0.2) is 43.2 Å². The van der Waals surface area contributed by atoms with Crippen LogP contribution < -0.4 is 15.5 Å². The number of ether oxygens (including phenoxy) is 1. The molecule has 1 saturated heterocycles. The predicted octanol–water partition coefficient (Wildman–Crippen LogP) is 3.33. The number of nitrogens with one attached hydrogen (secondary N) is 2. The van der Waals surface area contributed by atoms with E-state index >= 15 is 0 Å². The summed E-state index contributed by atoms with van der Waals surface area (Å²) in [5.41, 5.74) is 2.76. The molecule has 0 radical (unpaired) electrons. The highest BCUT2D eigenvalue weighted by atomic mass is 16.5. The van der Waals surface area contributed by atoms with E-state index in [2.05, 4.69) is 26.6 Å². The zero-order valence-corrected chi connectivity index (χ0v) is 15.5. The standard InChI is InChI=1S/C21H26N4O2/c26-21(23-17-5-1-2-6-17)16-9-10-20(22-15-16)24-18-7-3-4-8-19(18)25-11-13-27-14-12-25/h3-4,7-10,15,17H,1-2,5-6,11-14H2,(H,22,24)(H,23,26). The van der Waals surface area contributed by atoms with Gasteiger partial charge in [-0.15, -0.1) is 0 Å². The molecule has 0 bridgehead atoms. The first-order valence-electron chi connectivity index (χ1n) is 9.75. The number of hydrogen-bond donors (Lipinski definition) is 2. The van der Waals surface area contributed by atoms with Crippen LogP contribution in [0.2, 0.25) is 0 Å². The topological polar surface area (TPSA) is 66.5 Å². The summed E-state index contributed by atoms with van der Waals surface area (Å²) in [5.74, 6) is 0.697. The van der Waals surface area contributed by atoms with Crippen LogP contribution in [0.1, 0.15) is 36.0 Å². The largest absolute Gasteiger partial charge is 0.378 e. The third kappa shape index (κ3) is 4.39. The van der Waals surface area contributed by atoms with Crippen LogP contribution in [0.25, 0.3) is 0 Å². The first kappa shape index (κ1) is 17.8. The molecule has 2 aliphatic rings. The maximum atomic E-state index is 12.3. The maximum absolute atomic E-state index is 12.3. The summed E-state index contributed by atoms with van der Waals surface area (Å²) in [6.45, 7) is 3.26. The average Bonchev–Trinajstić information content (AvgIpc) is 3.23. The minimum Gasteiger partial charge on any atom is -0.378 e. The summed E-state index contributed by atoms with van der Waals surface area (Å²) in [4.78, 5) is 19.1. The number of rotatable bonds is 5. The molecule has 2 fully saturated rings. The average molecular weight is 366 g/mol. The predicted molar refractivity (Wildman–Crippen MR) is 107 cm³/mol. The van der Waals surface area contributed by atoms with Crippen molar-refractivity contribution < 1.29 is 9.53 Å². The van der Waals surface area contributed by atoms with Crippen molar-refractivity contribution in [2.24, 2.45) is 0 Å². The molecular weight excluding hydrogens is 340 g/mol. The Morgan fingerprint density at radius 3 is 2.59 bits per heavy atom. The molecule has 1 aliphatic carbocycles. The van der Waals surface area contributed by atoms with Gasteiger partial charge in [-0.25, -0.2) is 4.98 Å². The van der Waals surface area contributed by atoms with Gasteiger partial charge in [0.1, 0.15) is 5.82 Å². The van der Waals surface area contributed by atoms with Crippen molar-refractivity contribution in [3.05, 3.63) is 48.2 Å². The number of amides is 1. The van der Waals surface area contributed by atoms with Gasteiger partial charge in [0.25, 0.3) is 5.91 Å². The third-order valence-electron chi connectivity index (χ3n) is 5.23. The Kier molecular flexibility index (Phi) is 5.53. The smallest absolute Gasteiger partial charge is 0.253 e. The van der Waals surface area contributed by atoms with Gasteiger partial charge in [0, 0.05) is 25.3 Å². The van der Waals surface area contributed by atoms with E-state index < -0.39 is 0 Å². The van der Waals surface area contributed by atoms with Crippen molar-refractivity contribution in [3.63, 3.8) is 0 Å².